The van der Waals surface area contributed by atoms with Crippen molar-refractivity contribution >= 4 is 18.3 Å². The molecule has 1 amide bonds. The summed E-state index contributed by atoms with van der Waals surface area (Å²) in [5.41, 5.74) is 0.862. The van der Waals surface area contributed by atoms with Crippen molar-refractivity contribution in [3.8, 4) is 17.1 Å². The number of rotatable bonds is 6. The first-order valence-corrected chi connectivity index (χ1v) is 8.73. The van der Waals surface area contributed by atoms with Gasteiger partial charge in [0, 0.05) is 44.1 Å². The molecule has 0 spiro atoms. The van der Waals surface area contributed by atoms with Gasteiger partial charge in [0.15, 0.2) is 0 Å². The number of carbonyl (C=O) groups excluding carboxylic acids is 1. The zero-order valence-electron chi connectivity index (χ0n) is 15.1. The highest BCUT2D eigenvalue weighted by molar-refractivity contribution is 5.85. The van der Waals surface area contributed by atoms with Crippen molar-refractivity contribution in [2.75, 3.05) is 26.2 Å². The molecule has 1 fully saturated rings. The van der Waals surface area contributed by atoms with Crippen LogP contribution in [0.25, 0.3) is 11.4 Å². The molecule has 1 N–H and O–H groups in total. The highest BCUT2D eigenvalue weighted by Crippen LogP contribution is 2.20. The number of nitrogens with one attached hydrogen (secondary N) is 1. The fourth-order valence-electron chi connectivity index (χ4n) is 2.91. The molecule has 7 nitrogen and oxygen atoms in total. The van der Waals surface area contributed by atoms with E-state index in [4.69, 9.17) is 9.26 Å². The molecule has 0 radical (unpaired) electrons. The highest BCUT2D eigenvalue weighted by atomic mass is 35.5. The van der Waals surface area contributed by atoms with E-state index in [-0.39, 0.29) is 24.4 Å². The number of hydrogen-bond acceptors (Lipinski definition) is 6. The molecule has 0 aliphatic carbocycles. The first-order chi connectivity index (χ1) is 12.2. The number of piperazine rings is 1. The average molecular weight is 381 g/mol. The van der Waals surface area contributed by atoms with Crippen molar-refractivity contribution in [3.05, 3.63) is 30.2 Å². The minimum Gasteiger partial charge on any atom is -0.494 e. The number of ether oxygens (including phenoxy) is 1. The Hall–Kier alpha value is -2.12. The Morgan fingerprint density at radius 2 is 2.15 bits per heavy atom. The average Bonchev–Trinajstić information content (AvgIpc) is 3.10. The van der Waals surface area contributed by atoms with Crippen LogP contribution >= 0.6 is 12.4 Å². The van der Waals surface area contributed by atoms with Crippen molar-refractivity contribution in [2.45, 2.75) is 32.7 Å². The number of halogens is 1. The van der Waals surface area contributed by atoms with Crippen LogP contribution in [0.2, 0.25) is 0 Å². The summed E-state index contributed by atoms with van der Waals surface area (Å²) in [4.78, 5) is 18.7. The normalized spacial score (nSPS) is 16.8. The molecular formula is C18H25ClN4O3. The molecule has 2 aromatic rings. The molecular weight excluding hydrogens is 356 g/mol. The fourth-order valence-corrected chi connectivity index (χ4v) is 2.91. The number of aryl methyl sites for hydroxylation is 1. The van der Waals surface area contributed by atoms with E-state index in [2.05, 4.69) is 22.4 Å². The largest absolute Gasteiger partial charge is 0.494 e. The SMILES string of the molecule is CCOc1ccc(-c2noc(CCC(=O)N3CCNC[C@H]3C)n2)cc1.Cl. The molecule has 1 atom stereocenters. The minimum atomic E-state index is 0. The first-order valence-electron chi connectivity index (χ1n) is 8.73. The predicted molar refractivity (Wildman–Crippen MR) is 101 cm³/mol. The molecule has 1 aromatic carbocycles. The fraction of sp³-hybridized carbons (Fsp3) is 0.500. The number of amides is 1. The number of aromatic nitrogens is 2. The van der Waals surface area contributed by atoms with Crippen LogP contribution in [0.1, 0.15) is 26.2 Å². The third kappa shape index (κ3) is 4.95. The summed E-state index contributed by atoms with van der Waals surface area (Å²) in [6.07, 6.45) is 0.842. The number of carbonyl (C=O) groups is 1. The molecule has 1 aliphatic rings. The quantitative estimate of drug-likeness (QED) is 0.828. The van der Waals surface area contributed by atoms with E-state index in [0.29, 0.717) is 31.2 Å². The van der Waals surface area contributed by atoms with Crippen LogP contribution in [0, 0.1) is 0 Å². The van der Waals surface area contributed by atoms with Crippen molar-refractivity contribution in [2.24, 2.45) is 0 Å². The van der Waals surface area contributed by atoms with Crippen LogP contribution in [-0.2, 0) is 11.2 Å². The molecule has 0 bridgehead atoms. The first kappa shape index (κ1) is 20.2. The topological polar surface area (TPSA) is 80.5 Å². The predicted octanol–water partition coefficient (Wildman–Crippen LogP) is 2.31. The van der Waals surface area contributed by atoms with E-state index in [1.165, 1.54) is 0 Å². The lowest BCUT2D eigenvalue weighted by Gasteiger charge is -2.34. The molecule has 1 aliphatic heterocycles. The number of nitrogens with zero attached hydrogens (tertiary/aromatic N) is 3. The molecule has 26 heavy (non-hydrogen) atoms. The summed E-state index contributed by atoms with van der Waals surface area (Å²) >= 11 is 0. The van der Waals surface area contributed by atoms with Crippen molar-refractivity contribution < 1.29 is 14.1 Å². The van der Waals surface area contributed by atoms with E-state index in [1.54, 1.807) is 0 Å². The van der Waals surface area contributed by atoms with Crippen molar-refractivity contribution in [1.29, 1.82) is 0 Å². The summed E-state index contributed by atoms with van der Waals surface area (Å²) in [5.74, 6) is 1.96. The zero-order valence-corrected chi connectivity index (χ0v) is 15.9. The minimum absolute atomic E-state index is 0. The number of hydrogen-bond donors (Lipinski definition) is 1. The summed E-state index contributed by atoms with van der Waals surface area (Å²) in [7, 11) is 0. The van der Waals surface area contributed by atoms with Crippen LogP contribution in [-0.4, -0.2) is 53.2 Å². The van der Waals surface area contributed by atoms with Crippen molar-refractivity contribution in [1.82, 2.24) is 20.4 Å². The second-order valence-electron chi connectivity index (χ2n) is 6.11. The Bertz CT molecular complexity index is 705. The van der Waals surface area contributed by atoms with Gasteiger partial charge in [0.05, 0.1) is 6.61 Å². The molecule has 2 heterocycles. The van der Waals surface area contributed by atoms with Crippen molar-refractivity contribution in [3.63, 3.8) is 0 Å². The van der Waals surface area contributed by atoms with Gasteiger partial charge in [-0.05, 0) is 38.1 Å². The Morgan fingerprint density at radius 3 is 2.85 bits per heavy atom. The smallest absolute Gasteiger partial charge is 0.227 e. The third-order valence-corrected chi connectivity index (χ3v) is 4.27. The van der Waals surface area contributed by atoms with Crippen LogP contribution < -0.4 is 10.1 Å². The molecule has 1 aromatic heterocycles. The van der Waals surface area contributed by atoms with Gasteiger partial charge >= 0.3 is 0 Å². The van der Waals surface area contributed by atoms with Gasteiger partial charge < -0.3 is 19.5 Å². The van der Waals surface area contributed by atoms with Gasteiger partial charge in [0.1, 0.15) is 5.75 Å². The maximum Gasteiger partial charge on any atom is 0.227 e. The van der Waals surface area contributed by atoms with Gasteiger partial charge in [-0.25, -0.2) is 0 Å². The third-order valence-electron chi connectivity index (χ3n) is 4.27. The summed E-state index contributed by atoms with van der Waals surface area (Å²) in [5, 5.41) is 7.29. The van der Waals surface area contributed by atoms with Gasteiger partial charge in [-0.15, -0.1) is 12.4 Å². The van der Waals surface area contributed by atoms with Crippen LogP contribution in [0.4, 0.5) is 0 Å². The maximum atomic E-state index is 12.4. The highest BCUT2D eigenvalue weighted by Gasteiger charge is 2.23. The van der Waals surface area contributed by atoms with E-state index >= 15 is 0 Å². The van der Waals surface area contributed by atoms with E-state index in [9.17, 15) is 4.79 Å². The van der Waals surface area contributed by atoms with E-state index in [0.717, 1.165) is 30.9 Å². The van der Waals surface area contributed by atoms with Crippen LogP contribution in [0.3, 0.4) is 0 Å². The van der Waals surface area contributed by atoms with Gasteiger partial charge in [0.25, 0.3) is 0 Å². The van der Waals surface area contributed by atoms with Gasteiger partial charge in [-0.3, -0.25) is 4.79 Å². The molecule has 1 saturated heterocycles. The molecule has 142 valence electrons. The summed E-state index contributed by atoms with van der Waals surface area (Å²) in [6.45, 7) is 7.07. The zero-order chi connectivity index (χ0) is 17.6. The van der Waals surface area contributed by atoms with Gasteiger partial charge in [0.2, 0.25) is 17.6 Å². The summed E-state index contributed by atoms with van der Waals surface area (Å²) < 4.78 is 10.7. The Kier molecular flexibility index (Phi) is 7.41. The monoisotopic (exact) mass is 380 g/mol. The lowest BCUT2D eigenvalue weighted by atomic mass is 10.2. The van der Waals surface area contributed by atoms with Crippen LogP contribution in [0.5, 0.6) is 5.75 Å². The molecule has 3 rings (SSSR count). The molecule has 0 saturated carbocycles. The Labute approximate surface area is 159 Å². The lowest BCUT2D eigenvalue weighted by Crippen LogP contribution is -2.52. The standard InChI is InChI=1S/C18H24N4O3.ClH/c1-3-24-15-6-4-14(5-7-15)18-20-16(25-21-18)8-9-17(23)22-11-10-19-12-13(22)2;/h4-7,13,19H,3,8-12H2,1-2H3;1H/t13-;/m1./s1. The lowest BCUT2D eigenvalue weighted by molar-refractivity contribution is -0.134. The Balaban J connectivity index is 0.00000243. The second kappa shape index (κ2) is 9.54. The maximum absolute atomic E-state index is 12.4. The Morgan fingerprint density at radius 1 is 1.38 bits per heavy atom. The van der Waals surface area contributed by atoms with Gasteiger partial charge in [-0.1, -0.05) is 5.16 Å². The van der Waals surface area contributed by atoms with Crippen LogP contribution in [0.15, 0.2) is 28.8 Å². The summed E-state index contributed by atoms with van der Waals surface area (Å²) in [6, 6.07) is 7.78. The second-order valence-corrected chi connectivity index (χ2v) is 6.11. The van der Waals surface area contributed by atoms with E-state index in [1.807, 2.05) is 36.1 Å². The van der Waals surface area contributed by atoms with E-state index < -0.39 is 0 Å². The molecule has 8 heteroatoms. The number of benzene rings is 1. The van der Waals surface area contributed by atoms with Gasteiger partial charge in [-0.2, -0.15) is 4.98 Å². The molecule has 0 unspecified atom stereocenters.